The lowest BCUT2D eigenvalue weighted by Crippen LogP contribution is -2.48. The van der Waals surface area contributed by atoms with Gasteiger partial charge in [0.15, 0.2) is 5.76 Å². The Morgan fingerprint density at radius 1 is 1.07 bits per heavy atom. The molecule has 2 aromatic rings. The van der Waals surface area contributed by atoms with Gasteiger partial charge in [0.1, 0.15) is 5.76 Å². The van der Waals surface area contributed by atoms with E-state index < -0.39 is 11.2 Å². The predicted molar refractivity (Wildman–Crippen MR) is 96.2 cm³/mol. The molecule has 2 fully saturated rings. The smallest absolute Gasteiger partial charge is 0.445 e. The Kier molecular flexibility index (Phi) is 5.28. The van der Waals surface area contributed by atoms with Gasteiger partial charge < -0.3 is 14.2 Å². The van der Waals surface area contributed by atoms with E-state index in [1.807, 2.05) is 6.07 Å². The van der Waals surface area contributed by atoms with E-state index in [-0.39, 0.29) is 11.0 Å². The Hall–Kier alpha value is -2.14. The topological polar surface area (TPSA) is 65.7 Å². The van der Waals surface area contributed by atoms with Gasteiger partial charge in [0, 0.05) is 26.2 Å². The maximum atomic E-state index is 12.7. The fourth-order valence-electron chi connectivity index (χ4n) is 3.45. The lowest BCUT2D eigenvalue weighted by atomic mass is 10.3. The highest BCUT2D eigenvalue weighted by molar-refractivity contribution is 7.15. The monoisotopic (exact) mass is 415 g/mol. The highest BCUT2D eigenvalue weighted by atomic mass is 32.1. The van der Waals surface area contributed by atoms with E-state index in [0.717, 1.165) is 18.8 Å². The molecule has 2 aromatic heterocycles. The minimum Gasteiger partial charge on any atom is -0.455 e. The molecule has 7 nitrogen and oxygen atoms in total. The molecule has 28 heavy (non-hydrogen) atoms. The molecule has 4 heterocycles. The zero-order valence-electron chi connectivity index (χ0n) is 15.1. The number of hydrogen-bond acceptors (Lipinski definition) is 7. The minimum atomic E-state index is -4.49. The molecule has 0 spiro atoms. The quantitative estimate of drug-likeness (QED) is 0.765. The van der Waals surface area contributed by atoms with Gasteiger partial charge in [-0.3, -0.25) is 9.69 Å². The molecule has 2 saturated heterocycles. The van der Waals surface area contributed by atoms with Crippen LogP contribution in [0.25, 0.3) is 0 Å². The summed E-state index contributed by atoms with van der Waals surface area (Å²) in [7, 11) is 0. The van der Waals surface area contributed by atoms with Crippen LogP contribution in [0.4, 0.5) is 18.3 Å². The molecule has 2 aliphatic heterocycles. The molecule has 0 radical (unpaired) electrons. The van der Waals surface area contributed by atoms with Crippen LogP contribution in [0.1, 0.15) is 34.2 Å². The summed E-state index contributed by atoms with van der Waals surface area (Å²) in [4.78, 5) is 18.3. The first-order valence-corrected chi connectivity index (χ1v) is 9.98. The summed E-state index contributed by atoms with van der Waals surface area (Å²) in [5, 5.41) is 6.12. The van der Waals surface area contributed by atoms with E-state index in [9.17, 15) is 18.0 Å². The van der Waals surface area contributed by atoms with Crippen molar-refractivity contribution in [2.75, 3.05) is 44.2 Å². The van der Waals surface area contributed by atoms with Gasteiger partial charge in [-0.25, -0.2) is 0 Å². The third kappa shape index (κ3) is 4.14. The lowest BCUT2D eigenvalue weighted by molar-refractivity contribution is -0.138. The molecule has 0 unspecified atom stereocenters. The number of aromatic nitrogens is 2. The van der Waals surface area contributed by atoms with Crippen molar-refractivity contribution < 1.29 is 22.4 Å². The van der Waals surface area contributed by atoms with Crippen molar-refractivity contribution in [1.82, 2.24) is 20.0 Å². The first-order chi connectivity index (χ1) is 13.4. The number of likely N-dealkylation sites (tertiary alicyclic amines) is 1. The Morgan fingerprint density at radius 3 is 2.43 bits per heavy atom. The first-order valence-electron chi connectivity index (χ1n) is 9.16. The molecule has 2 aliphatic rings. The van der Waals surface area contributed by atoms with Crippen LogP contribution in [0.15, 0.2) is 16.5 Å². The molecule has 11 heteroatoms. The number of rotatable bonds is 4. The molecule has 0 aromatic carbocycles. The second-order valence-corrected chi connectivity index (χ2v) is 7.87. The van der Waals surface area contributed by atoms with Crippen molar-refractivity contribution >= 4 is 22.4 Å². The molecule has 0 atom stereocenters. The maximum absolute atomic E-state index is 12.7. The Balaban J connectivity index is 1.32. The second kappa shape index (κ2) is 7.70. The number of alkyl halides is 3. The maximum Gasteiger partial charge on any atom is 0.445 e. The number of anilines is 1. The van der Waals surface area contributed by atoms with E-state index in [2.05, 4.69) is 15.1 Å². The third-order valence-electron chi connectivity index (χ3n) is 4.94. The summed E-state index contributed by atoms with van der Waals surface area (Å²) in [5.41, 5.74) is 0. The van der Waals surface area contributed by atoms with E-state index in [1.165, 1.54) is 12.8 Å². The van der Waals surface area contributed by atoms with Gasteiger partial charge in [-0.1, -0.05) is 11.3 Å². The van der Waals surface area contributed by atoms with Crippen LogP contribution in [0.2, 0.25) is 0 Å². The number of nitrogens with zero attached hydrogens (tertiary/aromatic N) is 5. The zero-order chi connectivity index (χ0) is 19.7. The lowest BCUT2D eigenvalue weighted by Gasteiger charge is -2.33. The van der Waals surface area contributed by atoms with Crippen molar-refractivity contribution in [3.8, 4) is 0 Å². The number of amides is 1. The van der Waals surface area contributed by atoms with Gasteiger partial charge >= 0.3 is 6.18 Å². The number of hydrogen-bond donors (Lipinski definition) is 0. The minimum absolute atomic E-state index is 0.194. The molecular weight excluding hydrogens is 395 g/mol. The normalized spacial score (nSPS) is 18.8. The van der Waals surface area contributed by atoms with Crippen LogP contribution >= 0.6 is 11.3 Å². The fraction of sp³-hybridized carbons (Fsp3) is 0.588. The Labute approximate surface area is 163 Å². The summed E-state index contributed by atoms with van der Waals surface area (Å²) in [6.07, 6.45) is -2.11. The van der Waals surface area contributed by atoms with Crippen molar-refractivity contribution in [2.45, 2.75) is 25.6 Å². The molecule has 0 bridgehead atoms. The highest BCUT2D eigenvalue weighted by Gasteiger charge is 2.36. The molecule has 4 rings (SSSR count). The van der Waals surface area contributed by atoms with E-state index in [4.69, 9.17) is 4.42 Å². The van der Waals surface area contributed by atoms with E-state index >= 15 is 0 Å². The fourth-order valence-corrected chi connectivity index (χ4v) is 4.22. The Bertz CT molecular complexity index is 823. The standard InChI is InChI=1S/C17H20F3N5O2S/c18-17(19,20)15-21-22-16(28-15)25-9-7-24(8-10-25)14(26)13-4-3-12(27-13)11-23-5-1-2-6-23/h3-4H,1-2,5-11H2. The van der Waals surface area contributed by atoms with Crippen LogP contribution in [-0.2, 0) is 12.7 Å². The summed E-state index contributed by atoms with van der Waals surface area (Å²) in [5.74, 6) is 0.885. The summed E-state index contributed by atoms with van der Waals surface area (Å²) in [6.45, 7) is 4.39. The van der Waals surface area contributed by atoms with Crippen molar-refractivity contribution in [3.63, 3.8) is 0 Å². The predicted octanol–water partition coefficient (Wildman–Crippen LogP) is 2.71. The SMILES string of the molecule is O=C(c1ccc(CN2CCCC2)o1)N1CCN(c2nnc(C(F)(F)F)s2)CC1. The van der Waals surface area contributed by atoms with Gasteiger partial charge in [0.05, 0.1) is 6.54 Å². The second-order valence-electron chi connectivity index (χ2n) is 6.92. The molecule has 0 aliphatic carbocycles. The number of furan rings is 1. The zero-order valence-corrected chi connectivity index (χ0v) is 15.9. The molecular formula is C17H20F3N5O2S. The van der Waals surface area contributed by atoms with Gasteiger partial charge in [-0.05, 0) is 38.1 Å². The average molecular weight is 415 g/mol. The van der Waals surface area contributed by atoms with Crippen molar-refractivity contribution in [3.05, 3.63) is 28.7 Å². The number of piperazine rings is 1. The van der Waals surface area contributed by atoms with Gasteiger partial charge in [-0.15, -0.1) is 10.2 Å². The van der Waals surface area contributed by atoms with Crippen LogP contribution in [-0.4, -0.2) is 65.2 Å². The molecule has 0 N–H and O–H groups in total. The number of carbonyl (C=O) groups is 1. The average Bonchev–Trinajstić information content (AvgIpc) is 3.43. The van der Waals surface area contributed by atoms with Gasteiger partial charge in [-0.2, -0.15) is 13.2 Å². The van der Waals surface area contributed by atoms with Crippen LogP contribution in [0, 0.1) is 0 Å². The summed E-state index contributed by atoms with van der Waals surface area (Å²) >= 11 is 0.523. The van der Waals surface area contributed by atoms with Crippen molar-refractivity contribution in [1.29, 1.82) is 0 Å². The van der Waals surface area contributed by atoms with Crippen molar-refractivity contribution in [2.24, 2.45) is 0 Å². The summed E-state index contributed by atoms with van der Waals surface area (Å²) < 4.78 is 43.8. The van der Waals surface area contributed by atoms with Crippen LogP contribution in [0.3, 0.4) is 0 Å². The highest BCUT2D eigenvalue weighted by Crippen LogP contribution is 2.34. The molecule has 152 valence electrons. The van der Waals surface area contributed by atoms with Gasteiger partial charge in [0.25, 0.3) is 5.91 Å². The number of halogens is 3. The summed E-state index contributed by atoms with van der Waals surface area (Å²) in [6, 6.07) is 3.53. The third-order valence-corrected chi connectivity index (χ3v) is 5.97. The largest absolute Gasteiger partial charge is 0.455 e. The van der Waals surface area contributed by atoms with E-state index in [0.29, 0.717) is 49.8 Å². The molecule has 1 amide bonds. The Morgan fingerprint density at radius 2 is 1.79 bits per heavy atom. The first kappa shape index (κ1) is 19.2. The molecule has 0 saturated carbocycles. The van der Waals surface area contributed by atoms with E-state index in [1.54, 1.807) is 15.9 Å². The number of carbonyl (C=O) groups excluding carboxylic acids is 1. The van der Waals surface area contributed by atoms with Crippen LogP contribution in [0.5, 0.6) is 0 Å². The van der Waals surface area contributed by atoms with Gasteiger partial charge in [0.2, 0.25) is 10.1 Å². The van der Waals surface area contributed by atoms with Crippen LogP contribution < -0.4 is 4.90 Å².